The number of anilines is 1. The lowest BCUT2D eigenvalue weighted by atomic mass is 9.95. The molecule has 1 aliphatic carbocycles. The monoisotopic (exact) mass is 358 g/mol. The average Bonchev–Trinajstić information content (AvgIpc) is 3.05. The second kappa shape index (κ2) is 7.70. The molecule has 1 aliphatic rings. The molecule has 132 valence electrons. The summed E-state index contributed by atoms with van der Waals surface area (Å²) in [5.41, 5.74) is 2.59. The van der Waals surface area contributed by atoms with Crippen LogP contribution in [0.1, 0.15) is 33.6 Å². The zero-order valence-electron chi connectivity index (χ0n) is 14.5. The van der Waals surface area contributed by atoms with E-state index in [4.69, 9.17) is 4.74 Å². The molecule has 0 radical (unpaired) electrons. The summed E-state index contributed by atoms with van der Waals surface area (Å²) in [4.78, 5) is 27.7. The fourth-order valence-electron chi connectivity index (χ4n) is 3.07. The molecule has 5 nitrogen and oxygen atoms in total. The SMILES string of the molecule is COc1cccc(NC(=O)CN(C)C(=O)c2csc3c2CCCC3)c1. The van der Waals surface area contributed by atoms with E-state index in [2.05, 4.69) is 5.32 Å². The van der Waals surface area contributed by atoms with Crippen LogP contribution in [0, 0.1) is 0 Å². The first kappa shape index (κ1) is 17.5. The van der Waals surface area contributed by atoms with Gasteiger partial charge in [-0.1, -0.05) is 6.07 Å². The molecule has 0 unspecified atom stereocenters. The van der Waals surface area contributed by atoms with Gasteiger partial charge in [-0.2, -0.15) is 0 Å². The van der Waals surface area contributed by atoms with Gasteiger partial charge in [-0.05, 0) is 43.4 Å². The highest BCUT2D eigenvalue weighted by Gasteiger charge is 2.23. The molecule has 3 rings (SSSR count). The van der Waals surface area contributed by atoms with Gasteiger partial charge in [0.1, 0.15) is 5.75 Å². The molecule has 25 heavy (non-hydrogen) atoms. The van der Waals surface area contributed by atoms with Crippen LogP contribution in [0.25, 0.3) is 0 Å². The molecule has 6 heteroatoms. The minimum absolute atomic E-state index is 0.0145. The number of methoxy groups -OCH3 is 1. The molecule has 1 heterocycles. The van der Waals surface area contributed by atoms with Crippen molar-refractivity contribution in [2.24, 2.45) is 0 Å². The molecule has 0 atom stereocenters. The Morgan fingerprint density at radius 1 is 1.28 bits per heavy atom. The van der Waals surface area contributed by atoms with Crippen molar-refractivity contribution in [1.82, 2.24) is 4.90 Å². The highest BCUT2D eigenvalue weighted by Crippen LogP contribution is 2.30. The van der Waals surface area contributed by atoms with Crippen molar-refractivity contribution in [2.75, 3.05) is 26.0 Å². The third kappa shape index (κ3) is 4.02. The number of rotatable bonds is 5. The lowest BCUT2D eigenvalue weighted by Gasteiger charge is -2.19. The van der Waals surface area contributed by atoms with Gasteiger partial charge in [0.15, 0.2) is 0 Å². The lowest BCUT2D eigenvalue weighted by molar-refractivity contribution is -0.116. The number of thiophene rings is 1. The third-order valence-corrected chi connectivity index (χ3v) is 5.46. The summed E-state index contributed by atoms with van der Waals surface area (Å²) in [6.45, 7) is 0.0145. The average molecular weight is 358 g/mol. The first-order valence-electron chi connectivity index (χ1n) is 8.37. The van der Waals surface area contributed by atoms with Gasteiger partial charge >= 0.3 is 0 Å². The molecule has 2 amide bonds. The van der Waals surface area contributed by atoms with Gasteiger partial charge in [0.05, 0.1) is 19.2 Å². The van der Waals surface area contributed by atoms with Crippen LogP contribution in [0.5, 0.6) is 5.75 Å². The Morgan fingerprint density at radius 3 is 2.88 bits per heavy atom. The lowest BCUT2D eigenvalue weighted by Crippen LogP contribution is -2.35. The smallest absolute Gasteiger partial charge is 0.255 e. The van der Waals surface area contributed by atoms with E-state index in [1.54, 1.807) is 43.7 Å². The summed E-state index contributed by atoms with van der Waals surface area (Å²) < 4.78 is 5.14. The Morgan fingerprint density at radius 2 is 2.08 bits per heavy atom. The Kier molecular flexibility index (Phi) is 5.38. The zero-order valence-corrected chi connectivity index (χ0v) is 15.3. The highest BCUT2D eigenvalue weighted by molar-refractivity contribution is 7.10. The highest BCUT2D eigenvalue weighted by atomic mass is 32.1. The van der Waals surface area contributed by atoms with Crippen LogP contribution in [0.4, 0.5) is 5.69 Å². The van der Waals surface area contributed by atoms with Crippen LogP contribution in [0.15, 0.2) is 29.6 Å². The fourth-order valence-corrected chi connectivity index (χ4v) is 4.19. The molecule has 2 aromatic rings. The van der Waals surface area contributed by atoms with Crippen molar-refractivity contribution < 1.29 is 14.3 Å². The maximum atomic E-state index is 12.7. The van der Waals surface area contributed by atoms with Gasteiger partial charge < -0.3 is 15.0 Å². The summed E-state index contributed by atoms with van der Waals surface area (Å²) >= 11 is 1.66. The molecule has 1 aromatic carbocycles. The van der Waals surface area contributed by atoms with Gasteiger partial charge in [-0.25, -0.2) is 0 Å². The Bertz CT molecular complexity index is 785. The normalized spacial score (nSPS) is 13.0. The van der Waals surface area contributed by atoms with E-state index in [0.29, 0.717) is 11.4 Å². The van der Waals surface area contributed by atoms with Crippen LogP contribution in [-0.4, -0.2) is 37.4 Å². The summed E-state index contributed by atoms with van der Waals surface area (Å²) in [5.74, 6) is 0.362. The van der Waals surface area contributed by atoms with Crippen LogP contribution in [0.2, 0.25) is 0 Å². The Labute approximate surface area is 151 Å². The molecule has 0 aliphatic heterocycles. The van der Waals surface area contributed by atoms with E-state index < -0.39 is 0 Å². The van der Waals surface area contributed by atoms with E-state index in [-0.39, 0.29) is 18.4 Å². The largest absolute Gasteiger partial charge is 0.497 e. The number of ether oxygens (including phenoxy) is 1. The number of carbonyl (C=O) groups excluding carboxylic acids is 2. The molecule has 1 N–H and O–H groups in total. The maximum Gasteiger partial charge on any atom is 0.255 e. The number of hydrogen-bond acceptors (Lipinski definition) is 4. The quantitative estimate of drug-likeness (QED) is 0.892. The topological polar surface area (TPSA) is 58.6 Å². The molecular formula is C19H22N2O3S. The number of benzene rings is 1. The van der Waals surface area contributed by atoms with Crippen LogP contribution in [0.3, 0.4) is 0 Å². The number of aryl methyl sites for hydroxylation is 1. The van der Waals surface area contributed by atoms with Gasteiger partial charge in [0.25, 0.3) is 5.91 Å². The van der Waals surface area contributed by atoms with Crippen molar-refractivity contribution in [1.29, 1.82) is 0 Å². The molecule has 0 saturated heterocycles. The van der Waals surface area contributed by atoms with Crippen LogP contribution >= 0.6 is 11.3 Å². The molecule has 0 spiro atoms. The first-order chi connectivity index (χ1) is 12.1. The molecule has 0 saturated carbocycles. The molecule has 0 bridgehead atoms. The molecule has 1 aromatic heterocycles. The Hall–Kier alpha value is -2.34. The summed E-state index contributed by atoms with van der Waals surface area (Å²) in [6, 6.07) is 7.15. The predicted molar refractivity (Wildman–Crippen MR) is 99.5 cm³/mol. The number of likely N-dealkylation sites (N-methyl/N-ethyl adjacent to an activating group) is 1. The number of nitrogens with one attached hydrogen (secondary N) is 1. The minimum atomic E-state index is -0.229. The van der Waals surface area contributed by atoms with E-state index in [1.165, 1.54) is 21.8 Å². The number of hydrogen-bond donors (Lipinski definition) is 1. The summed E-state index contributed by atoms with van der Waals surface area (Å²) in [5, 5.41) is 4.74. The van der Waals surface area contributed by atoms with Crippen molar-refractivity contribution >= 4 is 28.8 Å². The minimum Gasteiger partial charge on any atom is -0.497 e. The standard InChI is InChI=1S/C19H22N2O3S/c1-21(11-18(22)20-13-6-5-7-14(10-13)24-2)19(23)16-12-25-17-9-4-3-8-15(16)17/h5-7,10,12H,3-4,8-9,11H2,1-2H3,(H,20,22). The van der Waals surface area contributed by atoms with Crippen molar-refractivity contribution in [2.45, 2.75) is 25.7 Å². The fraction of sp³-hybridized carbons (Fsp3) is 0.368. The molecular weight excluding hydrogens is 336 g/mol. The second-order valence-electron chi connectivity index (χ2n) is 6.20. The van der Waals surface area contributed by atoms with Crippen LogP contribution < -0.4 is 10.1 Å². The van der Waals surface area contributed by atoms with Crippen LogP contribution in [-0.2, 0) is 17.6 Å². The third-order valence-electron chi connectivity index (χ3n) is 4.37. The second-order valence-corrected chi connectivity index (χ2v) is 7.16. The van der Waals surface area contributed by atoms with E-state index in [9.17, 15) is 9.59 Å². The summed E-state index contributed by atoms with van der Waals surface area (Å²) in [7, 11) is 3.25. The Balaban J connectivity index is 1.63. The van der Waals surface area contributed by atoms with Gasteiger partial charge in [-0.3, -0.25) is 9.59 Å². The number of fused-ring (bicyclic) bond motifs is 1. The first-order valence-corrected chi connectivity index (χ1v) is 9.25. The number of amides is 2. The number of nitrogens with zero attached hydrogens (tertiary/aromatic N) is 1. The van der Waals surface area contributed by atoms with E-state index in [0.717, 1.165) is 24.8 Å². The zero-order chi connectivity index (χ0) is 17.8. The molecule has 0 fully saturated rings. The van der Waals surface area contributed by atoms with Crippen molar-refractivity contribution in [3.8, 4) is 5.75 Å². The van der Waals surface area contributed by atoms with Gasteiger partial charge in [0.2, 0.25) is 5.91 Å². The van der Waals surface area contributed by atoms with Crippen molar-refractivity contribution in [3.63, 3.8) is 0 Å². The van der Waals surface area contributed by atoms with Gasteiger partial charge in [0, 0.05) is 29.1 Å². The number of carbonyl (C=O) groups is 2. The maximum absolute atomic E-state index is 12.7. The summed E-state index contributed by atoms with van der Waals surface area (Å²) in [6.07, 6.45) is 4.35. The van der Waals surface area contributed by atoms with E-state index in [1.807, 2.05) is 11.4 Å². The van der Waals surface area contributed by atoms with E-state index >= 15 is 0 Å². The predicted octanol–water partition coefficient (Wildman–Crippen LogP) is 3.35. The van der Waals surface area contributed by atoms with Gasteiger partial charge in [-0.15, -0.1) is 11.3 Å². The van der Waals surface area contributed by atoms with Crippen molar-refractivity contribution in [3.05, 3.63) is 45.6 Å².